The number of hydrogen-bond donors (Lipinski definition) is 2. The number of alkyl halides is 3. The van der Waals surface area contributed by atoms with Crippen LogP contribution in [-0.4, -0.2) is 41.9 Å². The van der Waals surface area contributed by atoms with E-state index in [0.29, 0.717) is 10.5 Å². The molecule has 0 fully saturated rings. The minimum absolute atomic E-state index is 0.282. The summed E-state index contributed by atoms with van der Waals surface area (Å²) in [7, 11) is 1.11. The van der Waals surface area contributed by atoms with Crippen molar-refractivity contribution in [2.75, 3.05) is 18.9 Å². The van der Waals surface area contributed by atoms with Crippen LogP contribution >= 0.6 is 0 Å². The van der Waals surface area contributed by atoms with Gasteiger partial charge in [0.15, 0.2) is 6.10 Å². The lowest BCUT2D eigenvalue weighted by Gasteiger charge is -2.23. The number of aliphatic hydroxyl groups excluding tert-OH is 1. The minimum Gasteiger partial charge on any atom is -0.382 e. The third kappa shape index (κ3) is 4.37. The van der Waals surface area contributed by atoms with Gasteiger partial charge in [0.2, 0.25) is 0 Å². The van der Waals surface area contributed by atoms with Crippen LogP contribution < -0.4 is 5.32 Å². The van der Waals surface area contributed by atoms with Gasteiger partial charge in [-0.15, -0.1) is 0 Å². The highest BCUT2D eigenvalue weighted by Gasteiger charge is 2.39. The molecule has 0 saturated carbocycles. The number of nitrogens with zero attached hydrogens (tertiary/aromatic N) is 1. The number of rotatable bonds is 3. The van der Waals surface area contributed by atoms with Crippen molar-refractivity contribution in [1.82, 2.24) is 4.90 Å². The number of aryl methyl sites for hydroxylation is 1. The first-order chi connectivity index (χ1) is 9.11. The molecule has 0 radical (unpaired) electrons. The fraction of sp³-hybridized carbons (Fsp3) is 0.417. The molecule has 1 atom stereocenters. The molecule has 1 aromatic rings. The predicted octanol–water partition coefficient (Wildman–Crippen LogP) is 2.52. The first-order valence-electron chi connectivity index (χ1n) is 5.64. The van der Waals surface area contributed by atoms with Crippen molar-refractivity contribution in [3.63, 3.8) is 0 Å². The monoisotopic (exact) mass is 294 g/mol. The number of anilines is 1. The summed E-state index contributed by atoms with van der Waals surface area (Å²) in [5.41, 5.74) is 0.716. The molecule has 0 aliphatic rings. The number of nitrogens with one attached hydrogen (secondary N) is 1. The summed E-state index contributed by atoms with van der Waals surface area (Å²) in [6.07, 6.45) is -7.41. The smallest absolute Gasteiger partial charge is 0.382 e. The molecule has 0 aliphatic carbocycles. The number of aliphatic hydroxyl groups is 1. The SMILES string of the molecule is Cc1cc(F)ccc1NC(=O)N(C)CC(O)C(F)(F)F. The highest BCUT2D eigenvalue weighted by Crippen LogP contribution is 2.21. The van der Waals surface area contributed by atoms with E-state index in [0.717, 1.165) is 13.1 Å². The Morgan fingerprint density at radius 1 is 1.45 bits per heavy atom. The Morgan fingerprint density at radius 3 is 2.55 bits per heavy atom. The second kappa shape index (κ2) is 6.08. The molecule has 0 spiro atoms. The van der Waals surface area contributed by atoms with Gasteiger partial charge in [-0.05, 0) is 30.7 Å². The van der Waals surface area contributed by atoms with Gasteiger partial charge in [0.1, 0.15) is 5.82 Å². The average Bonchev–Trinajstić information content (AvgIpc) is 2.31. The number of amides is 2. The molecule has 0 bridgehead atoms. The Balaban J connectivity index is 2.66. The lowest BCUT2D eigenvalue weighted by Crippen LogP contribution is -2.43. The van der Waals surface area contributed by atoms with Gasteiger partial charge in [-0.3, -0.25) is 0 Å². The Hall–Kier alpha value is -1.83. The average molecular weight is 294 g/mol. The molecule has 1 aromatic carbocycles. The van der Waals surface area contributed by atoms with Crippen molar-refractivity contribution in [2.45, 2.75) is 19.2 Å². The van der Waals surface area contributed by atoms with Crippen LogP contribution in [0.4, 0.5) is 28.0 Å². The molecule has 4 nitrogen and oxygen atoms in total. The number of halogens is 4. The van der Waals surface area contributed by atoms with Gasteiger partial charge in [0, 0.05) is 12.7 Å². The van der Waals surface area contributed by atoms with Crippen molar-refractivity contribution >= 4 is 11.7 Å². The van der Waals surface area contributed by atoms with Gasteiger partial charge >= 0.3 is 12.2 Å². The first-order valence-corrected chi connectivity index (χ1v) is 5.64. The lowest BCUT2D eigenvalue weighted by molar-refractivity contribution is -0.205. The topological polar surface area (TPSA) is 52.6 Å². The number of carbonyl (C=O) groups excluding carboxylic acids is 1. The fourth-order valence-corrected chi connectivity index (χ4v) is 1.42. The summed E-state index contributed by atoms with van der Waals surface area (Å²) in [5.74, 6) is -0.485. The number of benzene rings is 1. The van der Waals surface area contributed by atoms with E-state index in [-0.39, 0.29) is 5.69 Å². The van der Waals surface area contributed by atoms with Crippen LogP contribution in [0.5, 0.6) is 0 Å². The van der Waals surface area contributed by atoms with E-state index in [4.69, 9.17) is 5.11 Å². The highest BCUT2D eigenvalue weighted by atomic mass is 19.4. The van der Waals surface area contributed by atoms with Gasteiger partial charge in [0.05, 0.1) is 6.54 Å². The zero-order chi connectivity index (χ0) is 15.5. The maximum Gasteiger partial charge on any atom is 0.416 e. The summed E-state index contributed by atoms with van der Waals surface area (Å²) >= 11 is 0. The van der Waals surface area contributed by atoms with Gasteiger partial charge in [-0.25, -0.2) is 9.18 Å². The van der Waals surface area contributed by atoms with E-state index in [1.165, 1.54) is 12.1 Å². The zero-order valence-electron chi connectivity index (χ0n) is 10.8. The maximum atomic E-state index is 12.9. The summed E-state index contributed by atoms with van der Waals surface area (Å²) in [6, 6.07) is 2.77. The van der Waals surface area contributed by atoms with Gasteiger partial charge in [0.25, 0.3) is 0 Å². The van der Waals surface area contributed by atoms with Gasteiger partial charge in [-0.1, -0.05) is 0 Å². The summed E-state index contributed by atoms with van der Waals surface area (Å²) < 4.78 is 49.3. The Labute approximate surface area is 113 Å². The third-order valence-corrected chi connectivity index (χ3v) is 2.60. The summed E-state index contributed by atoms with van der Waals surface area (Å²) in [6.45, 7) is 0.652. The van der Waals surface area contributed by atoms with Crippen molar-refractivity contribution in [2.24, 2.45) is 0 Å². The lowest BCUT2D eigenvalue weighted by atomic mass is 10.2. The van der Waals surface area contributed by atoms with Crippen molar-refractivity contribution in [1.29, 1.82) is 0 Å². The molecular formula is C12H14F4N2O2. The molecular weight excluding hydrogens is 280 g/mol. The van der Waals surface area contributed by atoms with Crippen LogP contribution in [0.2, 0.25) is 0 Å². The minimum atomic E-state index is -4.79. The van der Waals surface area contributed by atoms with Crippen LogP contribution in [0.15, 0.2) is 18.2 Å². The van der Waals surface area contributed by atoms with Crippen molar-refractivity contribution < 1.29 is 27.5 Å². The number of urea groups is 1. The second-order valence-electron chi connectivity index (χ2n) is 4.33. The number of hydrogen-bond acceptors (Lipinski definition) is 2. The van der Waals surface area contributed by atoms with Crippen LogP contribution in [0.1, 0.15) is 5.56 Å². The van der Waals surface area contributed by atoms with Gasteiger partial charge in [-0.2, -0.15) is 13.2 Å². The quantitative estimate of drug-likeness (QED) is 0.842. The van der Waals surface area contributed by atoms with Crippen LogP contribution in [0.25, 0.3) is 0 Å². The first kappa shape index (κ1) is 16.2. The number of likely N-dealkylation sites (N-methyl/N-ethyl adjacent to an activating group) is 1. The van der Waals surface area contributed by atoms with Crippen molar-refractivity contribution in [3.8, 4) is 0 Å². The molecule has 2 N–H and O–H groups in total. The zero-order valence-corrected chi connectivity index (χ0v) is 10.8. The molecule has 2 amide bonds. The van der Waals surface area contributed by atoms with Crippen LogP contribution in [0.3, 0.4) is 0 Å². The summed E-state index contributed by atoms with van der Waals surface area (Å²) in [5, 5.41) is 11.2. The van der Waals surface area contributed by atoms with Crippen molar-refractivity contribution in [3.05, 3.63) is 29.6 Å². The Bertz CT molecular complexity index is 491. The molecule has 1 unspecified atom stereocenters. The Morgan fingerprint density at radius 2 is 2.05 bits per heavy atom. The molecule has 1 rings (SSSR count). The second-order valence-corrected chi connectivity index (χ2v) is 4.33. The molecule has 8 heteroatoms. The highest BCUT2D eigenvalue weighted by molar-refractivity contribution is 5.89. The standard InChI is InChI=1S/C12H14F4N2O2/c1-7-5-8(13)3-4-9(7)17-11(20)18(2)6-10(19)12(14,15)16/h3-5,10,19H,6H2,1-2H3,(H,17,20). The van der Waals surface area contributed by atoms with E-state index in [2.05, 4.69) is 5.32 Å². The summed E-state index contributed by atoms with van der Waals surface area (Å²) in [4.78, 5) is 12.4. The van der Waals surface area contributed by atoms with Crippen LogP contribution in [0, 0.1) is 12.7 Å². The van der Waals surface area contributed by atoms with E-state index in [1.807, 2.05) is 0 Å². The van der Waals surface area contributed by atoms with E-state index in [9.17, 15) is 22.4 Å². The molecule has 20 heavy (non-hydrogen) atoms. The van der Waals surface area contributed by atoms with Gasteiger partial charge < -0.3 is 15.3 Å². The predicted molar refractivity (Wildman–Crippen MR) is 64.8 cm³/mol. The van der Waals surface area contributed by atoms with Crippen LogP contribution in [-0.2, 0) is 0 Å². The van der Waals surface area contributed by atoms with E-state index >= 15 is 0 Å². The Kier molecular flexibility index (Phi) is 4.93. The largest absolute Gasteiger partial charge is 0.416 e. The fourth-order valence-electron chi connectivity index (χ4n) is 1.42. The normalized spacial score (nSPS) is 12.9. The van der Waals surface area contributed by atoms with E-state index < -0.39 is 30.7 Å². The molecule has 112 valence electrons. The molecule has 0 aromatic heterocycles. The third-order valence-electron chi connectivity index (χ3n) is 2.60. The maximum absolute atomic E-state index is 12.9. The molecule has 0 aliphatic heterocycles. The van der Waals surface area contributed by atoms with E-state index in [1.54, 1.807) is 6.92 Å². The molecule has 0 heterocycles. The molecule has 0 saturated heterocycles. The number of carbonyl (C=O) groups is 1.